The zero-order valence-corrected chi connectivity index (χ0v) is 14.0. The van der Waals surface area contributed by atoms with Crippen molar-refractivity contribution in [3.63, 3.8) is 0 Å². The number of carbonyl (C=O) groups is 1. The fourth-order valence-electron chi connectivity index (χ4n) is 3.36. The lowest BCUT2D eigenvalue weighted by atomic mass is 10.2. The minimum Gasteiger partial charge on any atom is -0.377 e. The van der Waals surface area contributed by atoms with Gasteiger partial charge in [0, 0.05) is 38.5 Å². The van der Waals surface area contributed by atoms with E-state index in [1.807, 2.05) is 36.1 Å². The molecule has 5 heteroatoms. The fraction of sp³-hybridized carbons (Fsp3) is 0.611. The van der Waals surface area contributed by atoms with Crippen LogP contribution in [0.1, 0.15) is 24.8 Å². The Morgan fingerprint density at radius 2 is 2.17 bits per heavy atom. The number of hydrogen-bond donors (Lipinski definition) is 1. The number of hydrogen-bond acceptors (Lipinski definition) is 3. The van der Waals surface area contributed by atoms with E-state index in [4.69, 9.17) is 4.74 Å². The first-order valence-corrected chi connectivity index (χ1v) is 8.67. The average molecular weight is 317 g/mol. The van der Waals surface area contributed by atoms with E-state index in [9.17, 15) is 4.79 Å². The zero-order chi connectivity index (χ0) is 16.1. The van der Waals surface area contributed by atoms with Crippen LogP contribution in [0.5, 0.6) is 0 Å². The van der Waals surface area contributed by atoms with Gasteiger partial charge >= 0.3 is 6.03 Å². The second kappa shape index (κ2) is 7.79. The van der Waals surface area contributed by atoms with Gasteiger partial charge < -0.3 is 15.0 Å². The van der Waals surface area contributed by atoms with Gasteiger partial charge in [0.25, 0.3) is 0 Å². The predicted octanol–water partition coefficient (Wildman–Crippen LogP) is 2.71. The van der Waals surface area contributed by atoms with E-state index in [1.54, 1.807) is 0 Å². The highest BCUT2D eigenvalue weighted by atomic mass is 16.5. The highest BCUT2D eigenvalue weighted by Crippen LogP contribution is 2.15. The summed E-state index contributed by atoms with van der Waals surface area (Å²) >= 11 is 0. The Kier molecular flexibility index (Phi) is 5.51. The highest BCUT2D eigenvalue weighted by Gasteiger charge is 2.23. The van der Waals surface area contributed by atoms with E-state index in [0.29, 0.717) is 6.10 Å². The smallest absolute Gasteiger partial charge is 0.321 e. The standard InChI is InChI=1S/C18H27N3O2/c1-15-5-2-6-16(13-15)19-18(22)21-9-4-8-20(10-11-21)14-17-7-3-12-23-17/h2,5-6,13,17H,3-4,7-12,14H2,1H3,(H,19,22). The van der Waals surface area contributed by atoms with Crippen molar-refractivity contribution in [2.45, 2.75) is 32.3 Å². The Bertz CT molecular complexity index is 529. The number of ether oxygens (including phenoxy) is 1. The second-order valence-electron chi connectivity index (χ2n) is 6.58. The summed E-state index contributed by atoms with van der Waals surface area (Å²) in [6.45, 7) is 7.53. The number of nitrogens with one attached hydrogen (secondary N) is 1. The van der Waals surface area contributed by atoms with Gasteiger partial charge in [-0.05, 0) is 50.4 Å². The number of urea groups is 1. The first kappa shape index (κ1) is 16.3. The number of anilines is 1. The molecule has 126 valence electrons. The molecule has 1 N–H and O–H groups in total. The molecule has 0 spiro atoms. The molecule has 1 aromatic carbocycles. The van der Waals surface area contributed by atoms with E-state index in [-0.39, 0.29) is 6.03 Å². The molecule has 0 saturated carbocycles. The lowest BCUT2D eigenvalue weighted by Crippen LogP contribution is -2.39. The number of rotatable bonds is 3. The molecular formula is C18H27N3O2. The summed E-state index contributed by atoms with van der Waals surface area (Å²) in [5, 5.41) is 3.01. The van der Waals surface area contributed by atoms with Gasteiger partial charge in [-0.2, -0.15) is 0 Å². The Morgan fingerprint density at radius 1 is 1.26 bits per heavy atom. The van der Waals surface area contributed by atoms with Crippen LogP contribution >= 0.6 is 0 Å². The third-order valence-electron chi connectivity index (χ3n) is 4.63. The monoisotopic (exact) mass is 317 g/mol. The maximum atomic E-state index is 12.5. The molecule has 2 amide bonds. The summed E-state index contributed by atoms with van der Waals surface area (Å²) in [5.74, 6) is 0. The van der Waals surface area contributed by atoms with Crippen LogP contribution in [0.15, 0.2) is 24.3 Å². The van der Waals surface area contributed by atoms with Crippen molar-refractivity contribution in [2.75, 3.05) is 44.6 Å². The van der Waals surface area contributed by atoms with Gasteiger partial charge in [0.15, 0.2) is 0 Å². The summed E-state index contributed by atoms with van der Waals surface area (Å²) in [5.41, 5.74) is 2.02. The van der Waals surface area contributed by atoms with Gasteiger partial charge in [0.2, 0.25) is 0 Å². The number of nitrogens with zero attached hydrogens (tertiary/aromatic N) is 2. The quantitative estimate of drug-likeness (QED) is 0.932. The van der Waals surface area contributed by atoms with Crippen LogP contribution in [0.2, 0.25) is 0 Å². The molecule has 2 saturated heterocycles. The van der Waals surface area contributed by atoms with E-state index >= 15 is 0 Å². The molecule has 0 bridgehead atoms. The zero-order valence-electron chi connectivity index (χ0n) is 14.0. The molecule has 2 heterocycles. The van der Waals surface area contributed by atoms with E-state index in [1.165, 1.54) is 12.8 Å². The van der Waals surface area contributed by atoms with Gasteiger partial charge in [-0.25, -0.2) is 4.79 Å². The van der Waals surface area contributed by atoms with Gasteiger partial charge in [-0.3, -0.25) is 4.90 Å². The first-order chi connectivity index (χ1) is 11.2. The maximum absolute atomic E-state index is 12.5. The van der Waals surface area contributed by atoms with Crippen LogP contribution in [0, 0.1) is 6.92 Å². The van der Waals surface area contributed by atoms with Crippen LogP contribution in [0.3, 0.4) is 0 Å². The Balaban J connectivity index is 1.49. The van der Waals surface area contributed by atoms with E-state index in [0.717, 1.165) is 57.0 Å². The Labute approximate surface area is 138 Å². The number of carbonyl (C=O) groups excluding carboxylic acids is 1. The molecule has 2 fully saturated rings. The molecule has 3 rings (SSSR count). The second-order valence-corrected chi connectivity index (χ2v) is 6.58. The maximum Gasteiger partial charge on any atom is 0.321 e. The van der Waals surface area contributed by atoms with Crippen LogP contribution in [0.4, 0.5) is 10.5 Å². The van der Waals surface area contributed by atoms with Gasteiger partial charge in [0.05, 0.1) is 6.10 Å². The Morgan fingerprint density at radius 3 is 2.96 bits per heavy atom. The normalized spacial score (nSPS) is 22.8. The molecule has 2 aliphatic heterocycles. The summed E-state index contributed by atoms with van der Waals surface area (Å²) < 4.78 is 5.73. The summed E-state index contributed by atoms with van der Waals surface area (Å²) in [4.78, 5) is 16.8. The molecule has 5 nitrogen and oxygen atoms in total. The van der Waals surface area contributed by atoms with Gasteiger partial charge in [-0.15, -0.1) is 0 Å². The van der Waals surface area contributed by atoms with Crippen LogP contribution in [0.25, 0.3) is 0 Å². The number of aryl methyl sites for hydroxylation is 1. The lowest BCUT2D eigenvalue weighted by Gasteiger charge is -2.24. The molecule has 1 aromatic rings. The summed E-state index contributed by atoms with van der Waals surface area (Å²) in [7, 11) is 0. The summed E-state index contributed by atoms with van der Waals surface area (Å²) in [6.07, 6.45) is 3.77. The topological polar surface area (TPSA) is 44.8 Å². The van der Waals surface area contributed by atoms with Crippen molar-refractivity contribution < 1.29 is 9.53 Å². The van der Waals surface area contributed by atoms with E-state index in [2.05, 4.69) is 10.2 Å². The van der Waals surface area contributed by atoms with Crippen LogP contribution < -0.4 is 5.32 Å². The van der Waals surface area contributed by atoms with Crippen LogP contribution in [-0.4, -0.2) is 61.3 Å². The largest absolute Gasteiger partial charge is 0.377 e. The first-order valence-electron chi connectivity index (χ1n) is 8.67. The lowest BCUT2D eigenvalue weighted by molar-refractivity contribution is 0.0747. The molecule has 2 aliphatic rings. The number of benzene rings is 1. The SMILES string of the molecule is Cc1cccc(NC(=O)N2CCCN(CC3CCCO3)CC2)c1. The third kappa shape index (κ3) is 4.69. The molecule has 0 radical (unpaired) electrons. The molecule has 1 atom stereocenters. The molecule has 1 unspecified atom stereocenters. The van der Waals surface area contributed by atoms with Crippen molar-refractivity contribution in [1.82, 2.24) is 9.80 Å². The van der Waals surface area contributed by atoms with Crippen molar-refractivity contribution in [3.8, 4) is 0 Å². The van der Waals surface area contributed by atoms with Crippen molar-refractivity contribution in [2.24, 2.45) is 0 Å². The van der Waals surface area contributed by atoms with Gasteiger partial charge in [-0.1, -0.05) is 12.1 Å². The number of amides is 2. The third-order valence-corrected chi connectivity index (χ3v) is 4.63. The van der Waals surface area contributed by atoms with Crippen LogP contribution in [-0.2, 0) is 4.74 Å². The average Bonchev–Trinajstić information content (AvgIpc) is 2.91. The molecular weight excluding hydrogens is 290 g/mol. The van der Waals surface area contributed by atoms with Crippen molar-refractivity contribution >= 4 is 11.7 Å². The summed E-state index contributed by atoms with van der Waals surface area (Å²) in [6, 6.07) is 7.95. The minimum atomic E-state index is 0.00886. The Hall–Kier alpha value is -1.59. The molecule has 0 aromatic heterocycles. The molecule has 23 heavy (non-hydrogen) atoms. The highest BCUT2D eigenvalue weighted by molar-refractivity contribution is 5.89. The predicted molar refractivity (Wildman–Crippen MR) is 91.8 cm³/mol. The van der Waals surface area contributed by atoms with Crippen molar-refractivity contribution in [1.29, 1.82) is 0 Å². The van der Waals surface area contributed by atoms with Crippen molar-refractivity contribution in [3.05, 3.63) is 29.8 Å². The van der Waals surface area contributed by atoms with Gasteiger partial charge in [0.1, 0.15) is 0 Å². The molecule has 0 aliphatic carbocycles. The van der Waals surface area contributed by atoms with E-state index < -0.39 is 0 Å². The fourth-order valence-corrected chi connectivity index (χ4v) is 3.36. The minimum absolute atomic E-state index is 0.00886.